The van der Waals surface area contributed by atoms with Gasteiger partial charge in [-0.2, -0.15) is 0 Å². The third-order valence-electron chi connectivity index (χ3n) is 5.05. The van der Waals surface area contributed by atoms with Crippen LogP contribution in [0.2, 0.25) is 0 Å². The third kappa shape index (κ3) is 5.46. The van der Waals surface area contributed by atoms with Gasteiger partial charge in [-0.15, -0.1) is 0 Å². The molecule has 0 aliphatic carbocycles. The standard InChI is InChI=1S/C17H31N3O3/c1-14-3-8-20(9-4-14)17(22)15-5-10-19(11-6-15)16(21)13-18-7-12-23-2/h14-15,18H,3-13H2,1-2H3. The first-order chi connectivity index (χ1) is 11.1. The zero-order valence-electron chi connectivity index (χ0n) is 14.6. The molecule has 0 aromatic carbocycles. The van der Waals surface area contributed by atoms with Gasteiger partial charge in [0, 0.05) is 45.8 Å². The largest absolute Gasteiger partial charge is 0.383 e. The van der Waals surface area contributed by atoms with Gasteiger partial charge in [-0.25, -0.2) is 0 Å². The van der Waals surface area contributed by atoms with Crippen molar-refractivity contribution in [1.82, 2.24) is 15.1 Å². The number of piperidine rings is 2. The highest BCUT2D eigenvalue weighted by atomic mass is 16.5. The van der Waals surface area contributed by atoms with E-state index in [1.54, 1.807) is 7.11 Å². The minimum atomic E-state index is 0.105. The monoisotopic (exact) mass is 325 g/mol. The summed E-state index contributed by atoms with van der Waals surface area (Å²) in [6.07, 6.45) is 3.84. The van der Waals surface area contributed by atoms with E-state index in [0.717, 1.165) is 44.7 Å². The minimum Gasteiger partial charge on any atom is -0.383 e. The molecular formula is C17H31N3O3. The van der Waals surface area contributed by atoms with Gasteiger partial charge < -0.3 is 19.9 Å². The van der Waals surface area contributed by atoms with Crippen LogP contribution >= 0.6 is 0 Å². The van der Waals surface area contributed by atoms with Crippen molar-refractivity contribution < 1.29 is 14.3 Å². The molecule has 0 spiro atoms. The maximum Gasteiger partial charge on any atom is 0.236 e. The number of methoxy groups -OCH3 is 1. The predicted molar refractivity (Wildman–Crippen MR) is 89.0 cm³/mol. The topological polar surface area (TPSA) is 61.9 Å². The first-order valence-corrected chi connectivity index (χ1v) is 8.88. The van der Waals surface area contributed by atoms with Crippen molar-refractivity contribution in [1.29, 1.82) is 0 Å². The second-order valence-electron chi connectivity index (χ2n) is 6.83. The number of nitrogens with zero attached hydrogens (tertiary/aromatic N) is 2. The van der Waals surface area contributed by atoms with Crippen LogP contribution in [0.25, 0.3) is 0 Å². The van der Waals surface area contributed by atoms with Crippen LogP contribution in [0.4, 0.5) is 0 Å². The zero-order chi connectivity index (χ0) is 16.7. The molecule has 2 aliphatic heterocycles. The van der Waals surface area contributed by atoms with Crippen LogP contribution in [0.3, 0.4) is 0 Å². The average molecular weight is 325 g/mol. The number of carbonyl (C=O) groups excluding carboxylic acids is 2. The van der Waals surface area contributed by atoms with E-state index in [4.69, 9.17) is 4.74 Å². The highest BCUT2D eigenvalue weighted by Gasteiger charge is 2.31. The Morgan fingerprint density at radius 2 is 1.65 bits per heavy atom. The third-order valence-corrected chi connectivity index (χ3v) is 5.05. The average Bonchev–Trinajstić information content (AvgIpc) is 2.59. The molecular weight excluding hydrogens is 294 g/mol. The number of rotatable bonds is 6. The molecule has 0 unspecified atom stereocenters. The van der Waals surface area contributed by atoms with Crippen LogP contribution in [-0.4, -0.2) is 74.6 Å². The van der Waals surface area contributed by atoms with Crippen molar-refractivity contribution in [2.45, 2.75) is 32.6 Å². The SMILES string of the molecule is COCCNCC(=O)N1CCC(C(=O)N2CCC(C)CC2)CC1. The summed E-state index contributed by atoms with van der Waals surface area (Å²) in [5, 5.41) is 3.08. The van der Waals surface area contributed by atoms with Crippen LogP contribution < -0.4 is 5.32 Å². The van der Waals surface area contributed by atoms with Gasteiger partial charge >= 0.3 is 0 Å². The van der Waals surface area contributed by atoms with Gasteiger partial charge in [-0.05, 0) is 31.6 Å². The molecule has 2 heterocycles. The fourth-order valence-electron chi connectivity index (χ4n) is 3.34. The Morgan fingerprint density at radius 3 is 2.26 bits per heavy atom. The molecule has 1 N–H and O–H groups in total. The van der Waals surface area contributed by atoms with E-state index < -0.39 is 0 Å². The molecule has 0 atom stereocenters. The molecule has 2 amide bonds. The highest BCUT2D eigenvalue weighted by molar-refractivity contribution is 5.81. The van der Waals surface area contributed by atoms with E-state index in [-0.39, 0.29) is 11.8 Å². The summed E-state index contributed by atoms with van der Waals surface area (Å²) in [4.78, 5) is 28.6. The lowest BCUT2D eigenvalue weighted by atomic mass is 9.92. The van der Waals surface area contributed by atoms with E-state index >= 15 is 0 Å². The Labute approximate surface area is 139 Å². The van der Waals surface area contributed by atoms with Crippen molar-refractivity contribution in [3.63, 3.8) is 0 Å². The Morgan fingerprint density at radius 1 is 1.04 bits per heavy atom. The molecule has 0 aromatic heterocycles. The predicted octanol–water partition coefficient (Wildman–Crippen LogP) is 0.720. The summed E-state index contributed by atoms with van der Waals surface area (Å²) in [5.74, 6) is 1.28. The van der Waals surface area contributed by atoms with Crippen molar-refractivity contribution in [2.24, 2.45) is 11.8 Å². The molecule has 0 radical (unpaired) electrons. The number of ether oxygens (including phenoxy) is 1. The summed E-state index contributed by atoms with van der Waals surface area (Å²) < 4.78 is 4.94. The second-order valence-corrected chi connectivity index (χ2v) is 6.83. The summed E-state index contributed by atoms with van der Waals surface area (Å²) in [6.45, 7) is 7.11. The lowest BCUT2D eigenvalue weighted by Gasteiger charge is -2.36. The van der Waals surface area contributed by atoms with Crippen LogP contribution in [-0.2, 0) is 14.3 Å². The van der Waals surface area contributed by atoms with E-state index in [0.29, 0.717) is 38.7 Å². The van der Waals surface area contributed by atoms with Crippen molar-refractivity contribution in [2.75, 3.05) is 53.0 Å². The van der Waals surface area contributed by atoms with Gasteiger partial charge in [-0.1, -0.05) is 6.92 Å². The number of amides is 2. The molecule has 6 nitrogen and oxygen atoms in total. The number of hydrogen-bond donors (Lipinski definition) is 1. The van der Waals surface area contributed by atoms with E-state index in [2.05, 4.69) is 12.2 Å². The Hall–Kier alpha value is -1.14. The van der Waals surface area contributed by atoms with E-state index in [1.165, 1.54) is 0 Å². The van der Waals surface area contributed by atoms with Gasteiger partial charge in [0.05, 0.1) is 13.2 Å². The summed E-state index contributed by atoms with van der Waals surface area (Å²) in [7, 11) is 1.65. The molecule has 0 bridgehead atoms. The summed E-state index contributed by atoms with van der Waals surface area (Å²) in [5.41, 5.74) is 0. The smallest absolute Gasteiger partial charge is 0.236 e. The number of hydrogen-bond acceptors (Lipinski definition) is 4. The van der Waals surface area contributed by atoms with Crippen LogP contribution in [0.15, 0.2) is 0 Å². The number of likely N-dealkylation sites (tertiary alicyclic amines) is 2. The van der Waals surface area contributed by atoms with Gasteiger partial charge in [0.2, 0.25) is 11.8 Å². The number of nitrogens with one attached hydrogen (secondary N) is 1. The molecule has 2 aliphatic rings. The zero-order valence-corrected chi connectivity index (χ0v) is 14.6. The molecule has 23 heavy (non-hydrogen) atoms. The highest BCUT2D eigenvalue weighted by Crippen LogP contribution is 2.23. The number of carbonyl (C=O) groups is 2. The quantitative estimate of drug-likeness (QED) is 0.731. The van der Waals surface area contributed by atoms with Crippen molar-refractivity contribution in [3.8, 4) is 0 Å². The van der Waals surface area contributed by atoms with Gasteiger partial charge in [-0.3, -0.25) is 9.59 Å². The molecule has 132 valence electrons. The Kier molecular flexibility index (Phi) is 7.30. The molecule has 2 saturated heterocycles. The minimum absolute atomic E-state index is 0.105. The maximum atomic E-state index is 12.6. The maximum absolute atomic E-state index is 12.6. The van der Waals surface area contributed by atoms with Crippen LogP contribution in [0.1, 0.15) is 32.6 Å². The lowest BCUT2D eigenvalue weighted by Crippen LogP contribution is -2.48. The summed E-state index contributed by atoms with van der Waals surface area (Å²) in [6, 6.07) is 0. The lowest BCUT2D eigenvalue weighted by molar-refractivity contribution is -0.141. The van der Waals surface area contributed by atoms with E-state index in [9.17, 15) is 9.59 Å². The Bertz CT molecular complexity index is 387. The first kappa shape index (κ1) is 18.2. The van der Waals surface area contributed by atoms with Gasteiger partial charge in [0.1, 0.15) is 0 Å². The summed E-state index contributed by atoms with van der Waals surface area (Å²) >= 11 is 0. The molecule has 6 heteroatoms. The second kappa shape index (κ2) is 9.23. The van der Waals surface area contributed by atoms with E-state index in [1.807, 2.05) is 9.80 Å². The van der Waals surface area contributed by atoms with Gasteiger partial charge in [0.15, 0.2) is 0 Å². The van der Waals surface area contributed by atoms with Crippen LogP contribution in [0.5, 0.6) is 0 Å². The normalized spacial score (nSPS) is 20.8. The van der Waals surface area contributed by atoms with Gasteiger partial charge in [0.25, 0.3) is 0 Å². The Balaban J connectivity index is 1.68. The fourth-order valence-corrected chi connectivity index (χ4v) is 3.34. The molecule has 2 rings (SSSR count). The molecule has 0 aromatic rings. The molecule has 2 fully saturated rings. The van der Waals surface area contributed by atoms with Crippen LogP contribution in [0, 0.1) is 11.8 Å². The molecule has 0 saturated carbocycles. The van der Waals surface area contributed by atoms with Crippen molar-refractivity contribution in [3.05, 3.63) is 0 Å². The first-order valence-electron chi connectivity index (χ1n) is 8.88. The van der Waals surface area contributed by atoms with Crippen molar-refractivity contribution >= 4 is 11.8 Å². The fraction of sp³-hybridized carbons (Fsp3) is 0.882.